The Labute approximate surface area is 99.8 Å². The van der Waals surface area contributed by atoms with Gasteiger partial charge in [-0.05, 0) is 19.8 Å². The molecule has 0 aliphatic heterocycles. The molecule has 0 unspecified atom stereocenters. The third-order valence-electron chi connectivity index (χ3n) is 2.09. The second-order valence-corrected chi connectivity index (χ2v) is 3.69. The number of rotatable bonds is 7. The lowest BCUT2D eigenvalue weighted by molar-refractivity contribution is -0.127. The molecule has 0 heterocycles. The SMILES string of the molecule is C[C@@H](NC(=O)[C@H](N)CCCN=C(N)N)C(N)=O. The average Bonchev–Trinajstić information content (AvgIpc) is 2.23. The Hall–Kier alpha value is -1.83. The van der Waals surface area contributed by atoms with E-state index in [0.717, 1.165) is 0 Å². The van der Waals surface area contributed by atoms with Crippen molar-refractivity contribution in [2.75, 3.05) is 6.54 Å². The number of hydrogen-bond acceptors (Lipinski definition) is 4. The maximum Gasteiger partial charge on any atom is 0.239 e. The Morgan fingerprint density at radius 2 is 1.88 bits per heavy atom. The monoisotopic (exact) mass is 244 g/mol. The summed E-state index contributed by atoms with van der Waals surface area (Å²) in [6.07, 6.45) is 1.01. The van der Waals surface area contributed by atoms with Crippen LogP contribution >= 0.6 is 0 Å². The number of aliphatic imine (C=N–C) groups is 1. The lowest BCUT2D eigenvalue weighted by Crippen LogP contribution is -2.49. The van der Waals surface area contributed by atoms with E-state index in [4.69, 9.17) is 22.9 Å². The van der Waals surface area contributed by atoms with Crippen LogP contribution in [0.4, 0.5) is 0 Å². The summed E-state index contributed by atoms with van der Waals surface area (Å²) >= 11 is 0. The van der Waals surface area contributed by atoms with E-state index in [1.54, 1.807) is 0 Å². The summed E-state index contributed by atoms with van der Waals surface area (Å²) in [5, 5.41) is 2.41. The van der Waals surface area contributed by atoms with E-state index in [-0.39, 0.29) is 5.96 Å². The van der Waals surface area contributed by atoms with E-state index in [1.165, 1.54) is 6.92 Å². The third-order valence-corrected chi connectivity index (χ3v) is 2.09. The highest BCUT2D eigenvalue weighted by Crippen LogP contribution is 1.96. The summed E-state index contributed by atoms with van der Waals surface area (Å²) in [6.45, 7) is 1.90. The molecule has 8 nitrogen and oxygen atoms in total. The minimum Gasteiger partial charge on any atom is -0.370 e. The van der Waals surface area contributed by atoms with Crippen molar-refractivity contribution in [1.82, 2.24) is 5.32 Å². The minimum atomic E-state index is -0.730. The Bertz CT molecular complexity index is 300. The van der Waals surface area contributed by atoms with Gasteiger partial charge in [-0.15, -0.1) is 0 Å². The van der Waals surface area contributed by atoms with Gasteiger partial charge in [-0.3, -0.25) is 14.6 Å². The van der Waals surface area contributed by atoms with Crippen LogP contribution in [0.15, 0.2) is 4.99 Å². The highest BCUT2D eigenvalue weighted by Gasteiger charge is 2.17. The molecule has 0 aromatic heterocycles. The number of hydrogen-bond donors (Lipinski definition) is 5. The summed E-state index contributed by atoms with van der Waals surface area (Å²) in [6, 6.07) is -1.43. The van der Waals surface area contributed by atoms with Gasteiger partial charge < -0.3 is 28.3 Å². The number of primary amides is 1. The van der Waals surface area contributed by atoms with Gasteiger partial charge in [0, 0.05) is 6.54 Å². The number of carbonyl (C=O) groups excluding carboxylic acids is 2. The first-order chi connectivity index (χ1) is 7.84. The molecule has 0 saturated carbocycles. The first-order valence-corrected chi connectivity index (χ1v) is 5.25. The molecule has 0 radical (unpaired) electrons. The van der Waals surface area contributed by atoms with Gasteiger partial charge in [-0.1, -0.05) is 0 Å². The quantitative estimate of drug-likeness (QED) is 0.187. The van der Waals surface area contributed by atoms with Gasteiger partial charge in [0.25, 0.3) is 0 Å². The average molecular weight is 244 g/mol. The molecular formula is C9H20N6O2. The Balaban J connectivity index is 3.90. The van der Waals surface area contributed by atoms with Crippen molar-refractivity contribution >= 4 is 17.8 Å². The van der Waals surface area contributed by atoms with E-state index in [0.29, 0.717) is 19.4 Å². The predicted molar refractivity (Wildman–Crippen MR) is 64.7 cm³/mol. The molecule has 0 rings (SSSR count). The Morgan fingerprint density at radius 3 is 2.35 bits per heavy atom. The number of guanidine groups is 1. The summed E-state index contributed by atoms with van der Waals surface area (Å²) in [5.74, 6) is -1.02. The first kappa shape index (κ1) is 15.2. The van der Waals surface area contributed by atoms with Crippen molar-refractivity contribution < 1.29 is 9.59 Å². The van der Waals surface area contributed by atoms with Crippen LogP contribution in [0.25, 0.3) is 0 Å². The van der Waals surface area contributed by atoms with Gasteiger partial charge in [0.1, 0.15) is 6.04 Å². The summed E-state index contributed by atoms with van der Waals surface area (Å²) in [4.78, 5) is 25.9. The molecule has 2 atom stereocenters. The van der Waals surface area contributed by atoms with E-state index < -0.39 is 23.9 Å². The van der Waals surface area contributed by atoms with Crippen LogP contribution in [-0.4, -0.2) is 36.4 Å². The van der Waals surface area contributed by atoms with Crippen molar-refractivity contribution in [1.29, 1.82) is 0 Å². The standard InChI is InChI=1S/C9H20N6O2/c1-5(7(11)16)15-8(17)6(10)3-2-4-14-9(12)13/h5-6H,2-4,10H2,1H3,(H2,11,16)(H,15,17)(H4,12,13,14)/t5-,6-/m1/s1. The number of amides is 2. The molecule has 17 heavy (non-hydrogen) atoms. The topological polar surface area (TPSA) is 163 Å². The lowest BCUT2D eigenvalue weighted by Gasteiger charge is -2.14. The molecule has 2 amide bonds. The Morgan fingerprint density at radius 1 is 1.29 bits per heavy atom. The van der Waals surface area contributed by atoms with Crippen LogP contribution < -0.4 is 28.3 Å². The zero-order chi connectivity index (χ0) is 13.4. The highest BCUT2D eigenvalue weighted by molar-refractivity contribution is 5.88. The molecule has 0 aliphatic rings. The van der Waals surface area contributed by atoms with Gasteiger partial charge in [0.15, 0.2) is 5.96 Å². The van der Waals surface area contributed by atoms with Crippen LogP contribution in [0.1, 0.15) is 19.8 Å². The summed E-state index contributed by atoms with van der Waals surface area (Å²) < 4.78 is 0. The molecule has 98 valence electrons. The van der Waals surface area contributed by atoms with Crippen LogP contribution in [0, 0.1) is 0 Å². The molecule has 9 N–H and O–H groups in total. The zero-order valence-corrected chi connectivity index (χ0v) is 9.85. The van der Waals surface area contributed by atoms with Crippen LogP contribution in [0.2, 0.25) is 0 Å². The van der Waals surface area contributed by atoms with Gasteiger partial charge in [0.05, 0.1) is 6.04 Å². The molecular weight excluding hydrogens is 224 g/mol. The maximum atomic E-state index is 11.5. The molecule has 0 fully saturated rings. The third kappa shape index (κ3) is 7.12. The van der Waals surface area contributed by atoms with Crippen molar-refractivity contribution in [2.24, 2.45) is 27.9 Å². The van der Waals surface area contributed by atoms with Crippen LogP contribution in [0.3, 0.4) is 0 Å². The number of nitrogens with one attached hydrogen (secondary N) is 1. The second kappa shape index (κ2) is 7.44. The number of nitrogens with zero attached hydrogens (tertiary/aromatic N) is 1. The Kier molecular flexibility index (Phi) is 6.64. The van der Waals surface area contributed by atoms with Crippen molar-refractivity contribution in [2.45, 2.75) is 31.8 Å². The molecule has 0 spiro atoms. The molecule has 0 bridgehead atoms. The van der Waals surface area contributed by atoms with Crippen molar-refractivity contribution in [3.05, 3.63) is 0 Å². The van der Waals surface area contributed by atoms with Gasteiger partial charge in [-0.2, -0.15) is 0 Å². The van der Waals surface area contributed by atoms with Gasteiger partial charge >= 0.3 is 0 Å². The fourth-order valence-electron chi connectivity index (χ4n) is 1.04. The summed E-state index contributed by atoms with van der Waals surface area (Å²) in [7, 11) is 0. The normalized spacial score (nSPS) is 13.5. The van der Waals surface area contributed by atoms with Crippen LogP contribution in [-0.2, 0) is 9.59 Å². The predicted octanol–water partition coefficient (Wildman–Crippen LogP) is -2.64. The van der Waals surface area contributed by atoms with Crippen LogP contribution in [0.5, 0.6) is 0 Å². The largest absolute Gasteiger partial charge is 0.370 e. The molecule has 0 aromatic carbocycles. The van der Waals surface area contributed by atoms with E-state index in [9.17, 15) is 9.59 Å². The maximum absolute atomic E-state index is 11.5. The van der Waals surface area contributed by atoms with E-state index in [1.807, 2.05) is 0 Å². The number of nitrogens with two attached hydrogens (primary N) is 4. The smallest absolute Gasteiger partial charge is 0.239 e. The summed E-state index contributed by atoms with van der Waals surface area (Å²) in [5.41, 5.74) is 20.9. The van der Waals surface area contributed by atoms with Crippen molar-refractivity contribution in [3.8, 4) is 0 Å². The second-order valence-electron chi connectivity index (χ2n) is 3.69. The lowest BCUT2D eigenvalue weighted by atomic mass is 10.1. The van der Waals surface area contributed by atoms with Gasteiger partial charge in [0.2, 0.25) is 11.8 Å². The fourth-order valence-corrected chi connectivity index (χ4v) is 1.04. The first-order valence-electron chi connectivity index (χ1n) is 5.25. The molecule has 0 saturated heterocycles. The number of carbonyl (C=O) groups is 2. The van der Waals surface area contributed by atoms with E-state index >= 15 is 0 Å². The molecule has 0 aromatic rings. The highest BCUT2D eigenvalue weighted by atomic mass is 16.2. The zero-order valence-electron chi connectivity index (χ0n) is 9.85. The fraction of sp³-hybridized carbons (Fsp3) is 0.667. The van der Waals surface area contributed by atoms with Gasteiger partial charge in [-0.25, -0.2) is 0 Å². The molecule has 0 aliphatic carbocycles. The molecule has 8 heteroatoms. The van der Waals surface area contributed by atoms with E-state index in [2.05, 4.69) is 10.3 Å². The van der Waals surface area contributed by atoms with Crippen molar-refractivity contribution in [3.63, 3.8) is 0 Å². The minimum absolute atomic E-state index is 0.00498.